The Hall–Kier alpha value is -1.49. The molecule has 1 aromatic carbocycles. The fourth-order valence-corrected chi connectivity index (χ4v) is 3.55. The molecule has 2 fully saturated rings. The van der Waals surface area contributed by atoms with Gasteiger partial charge in [-0.15, -0.1) is 0 Å². The van der Waals surface area contributed by atoms with Crippen LogP contribution in [0.25, 0.3) is 0 Å². The van der Waals surface area contributed by atoms with Gasteiger partial charge in [-0.3, -0.25) is 9.29 Å². The summed E-state index contributed by atoms with van der Waals surface area (Å²) >= 11 is 0. The van der Waals surface area contributed by atoms with Crippen LogP contribution in [0.3, 0.4) is 0 Å². The molecule has 0 unspecified atom stereocenters. The number of rotatable bonds is 7. The first-order valence-electron chi connectivity index (χ1n) is 9.64. The molecule has 5 atom stereocenters. The third-order valence-electron chi connectivity index (χ3n) is 5.28. The van der Waals surface area contributed by atoms with Crippen LogP contribution in [0.4, 0.5) is 10.1 Å². The molecule has 0 aromatic heterocycles. The number of piperazine rings is 1. The van der Waals surface area contributed by atoms with Crippen LogP contribution < -0.4 is 9.64 Å². The van der Waals surface area contributed by atoms with Crippen LogP contribution in [0, 0.1) is 0 Å². The lowest BCUT2D eigenvalue weighted by Gasteiger charge is -2.39. The summed E-state index contributed by atoms with van der Waals surface area (Å²) in [5.41, 5.74) is 1.03. The lowest BCUT2D eigenvalue weighted by atomic mass is 9.99. The summed E-state index contributed by atoms with van der Waals surface area (Å²) in [7, 11) is 0. The van der Waals surface area contributed by atoms with Crippen LogP contribution in [0.5, 0.6) is 5.75 Å². The summed E-state index contributed by atoms with van der Waals surface area (Å²) in [6.07, 6.45) is -5.94. The van der Waals surface area contributed by atoms with E-state index in [9.17, 15) is 24.8 Å². The normalized spacial score (nSPS) is 31.8. The molecule has 8 nitrogen and oxygen atoms in total. The van der Waals surface area contributed by atoms with E-state index in [0.29, 0.717) is 12.2 Å². The van der Waals surface area contributed by atoms with Crippen molar-refractivity contribution in [3.63, 3.8) is 0 Å². The van der Waals surface area contributed by atoms with Gasteiger partial charge < -0.3 is 34.8 Å². The van der Waals surface area contributed by atoms with Crippen molar-refractivity contribution in [3.05, 3.63) is 24.3 Å². The molecule has 2 aliphatic rings. The van der Waals surface area contributed by atoms with Crippen molar-refractivity contribution in [2.75, 3.05) is 50.9 Å². The van der Waals surface area contributed by atoms with Gasteiger partial charge in [0, 0.05) is 38.4 Å². The molecule has 2 saturated heterocycles. The Morgan fingerprint density at radius 3 is 2.29 bits per heavy atom. The zero-order valence-corrected chi connectivity index (χ0v) is 15.7. The minimum atomic E-state index is -1.47. The first-order valence-corrected chi connectivity index (χ1v) is 9.64. The Balaban J connectivity index is 1.55. The number of hydrogen-bond acceptors (Lipinski definition) is 8. The lowest BCUT2D eigenvalue weighted by molar-refractivity contribution is -0.277. The van der Waals surface area contributed by atoms with Gasteiger partial charge in [-0.1, -0.05) is 0 Å². The molecule has 2 heterocycles. The zero-order valence-electron chi connectivity index (χ0n) is 15.7. The Morgan fingerprint density at radius 2 is 1.68 bits per heavy atom. The molecule has 9 heteroatoms. The molecule has 4 N–H and O–H groups in total. The van der Waals surface area contributed by atoms with E-state index >= 15 is 0 Å². The van der Waals surface area contributed by atoms with Crippen LogP contribution in [0.2, 0.25) is 0 Å². The van der Waals surface area contributed by atoms with Crippen LogP contribution in [0.15, 0.2) is 24.3 Å². The van der Waals surface area contributed by atoms with Gasteiger partial charge in [0.2, 0.25) is 6.29 Å². The van der Waals surface area contributed by atoms with Crippen LogP contribution >= 0.6 is 0 Å². The number of benzene rings is 1. The highest BCUT2D eigenvalue weighted by atomic mass is 19.1. The molecule has 3 rings (SSSR count). The second-order valence-corrected chi connectivity index (χ2v) is 7.18. The molecule has 0 spiro atoms. The van der Waals surface area contributed by atoms with Crippen molar-refractivity contribution in [3.8, 4) is 5.75 Å². The van der Waals surface area contributed by atoms with Gasteiger partial charge in [0.05, 0.1) is 13.3 Å². The van der Waals surface area contributed by atoms with Crippen molar-refractivity contribution in [2.45, 2.75) is 37.1 Å². The number of aliphatic hydroxyl groups is 4. The molecule has 0 saturated carbocycles. The monoisotopic (exact) mass is 400 g/mol. The van der Waals surface area contributed by atoms with E-state index in [1.165, 1.54) is 0 Å². The van der Waals surface area contributed by atoms with Gasteiger partial charge in [-0.25, -0.2) is 0 Å². The van der Waals surface area contributed by atoms with Gasteiger partial charge in [0.15, 0.2) is 0 Å². The molecule has 1 aromatic rings. The highest BCUT2D eigenvalue weighted by molar-refractivity contribution is 5.49. The Morgan fingerprint density at radius 1 is 1.00 bits per heavy atom. The lowest BCUT2D eigenvalue weighted by Crippen LogP contribution is -2.60. The number of aliphatic hydroxyl groups excluding tert-OH is 4. The second-order valence-electron chi connectivity index (χ2n) is 7.18. The van der Waals surface area contributed by atoms with Crippen molar-refractivity contribution < 1.29 is 34.3 Å². The smallest absolute Gasteiger partial charge is 0.229 e. The van der Waals surface area contributed by atoms with Crippen molar-refractivity contribution in [1.29, 1.82) is 0 Å². The molecular weight excluding hydrogens is 371 g/mol. The maximum Gasteiger partial charge on any atom is 0.229 e. The van der Waals surface area contributed by atoms with Gasteiger partial charge in [-0.05, 0) is 30.7 Å². The summed E-state index contributed by atoms with van der Waals surface area (Å²) in [5.74, 6) is 0.440. The fourth-order valence-electron chi connectivity index (χ4n) is 3.55. The largest absolute Gasteiger partial charge is 0.462 e. The average Bonchev–Trinajstić information content (AvgIpc) is 2.73. The highest BCUT2D eigenvalue weighted by Crippen LogP contribution is 2.26. The summed E-state index contributed by atoms with van der Waals surface area (Å²) in [6.45, 7) is 3.51. The molecule has 158 valence electrons. The third-order valence-corrected chi connectivity index (χ3v) is 5.28. The summed E-state index contributed by atoms with van der Waals surface area (Å²) < 4.78 is 23.2. The number of halogens is 1. The fraction of sp³-hybridized carbons (Fsp3) is 0.684. The number of anilines is 1. The molecule has 0 amide bonds. The minimum absolute atomic E-state index is 0.282. The van der Waals surface area contributed by atoms with E-state index in [0.717, 1.165) is 38.4 Å². The van der Waals surface area contributed by atoms with E-state index in [1.807, 2.05) is 12.1 Å². The molecule has 0 radical (unpaired) electrons. The van der Waals surface area contributed by atoms with Crippen LogP contribution in [-0.2, 0) is 4.74 Å². The average molecular weight is 400 g/mol. The third kappa shape index (κ3) is 4.91. The topological polar surface area (TPSA) is 106 Å². The first-order chi connectivity index (χ1) is 13.5. The van der Waals surface area contributed by atoms with Gasteiger partial charge in [0.25, 0.3) is 0 Å². The number of alkyl halides is 1. The molecule has 2 aliphatic heterocycles. The number of nitrogens with zero attached hydrogens (tertiary/aromatic N) is 2. The van der Waals surface area contributed by atoms with E-state index < -0.39 is 37.3 Å². The van der Waals surface area contributed by atoms with Crippen LogP contribution in [0.1, 0.15) is 6.42 Å². The zero-order chi connectivity index (χ0) is 20.1. The van der Waals surface area contributed by atoms with Crippen molar-refractivity contribution in [2.24, 2.45) is 0 Å². The van der Waals surface area contributed by atoms with E-state index in [2.05, 4.69) is 9.80 Å². The molecule has 28 heavy (non-hydrogen) atoms. The maximum absolute atomic E-state index is 12.3. The minimum Gasteiger partial charge on any atom is -0.462 e. The van der Waals surface area contributed by atoms with Gasteiger partial charge >= 0.3 is 0 Å². The molecule has 0 aliphatic carbocycles. The first kappa shape index (κ1) is 21.2. The predicted molar refractivity (Wildman–Crippen MR) is 100 cm³/mol. The highest BCUT2D eigenvalue weighted by Gasteiger charge is 2.44. The van der Waals surface area contributed by atoms with Crippen LogP contribution in [-0.4, -0.2) is 102 Å². The summed E-state index contributed by atoms with van der Waals surface area (Å²) in [6, 6.07) is 7.28. The SMILES string of the molecule is OC[C@H]1O[C@@H](Oc2ccc(N3CCN(CCCF)CC3)cc2)[C@H](O)[C@@H](O)[C@H]1O. The Kier molecular flexibility index (Phi) is 7.44. The maximum atomic E-state index is 12.3. The van der Waals surface area contributed by atoms with Gasteiger partial charge in [0.1, 0.15) is 30.2 Å². The van der Waals surface area contributed by atoms with E-state index in [-0.39, 0.29) is 6.67 Å². The molecular formula is C19H29FN2O6. The Bertz CT molecular complexity index is 597. The van der Waals surface area contributed by atoms with E-state index in [1.54, 1.807) is 12.1 Å². The quantitative estimate of drug-likeness (QED) is 0.479. The standard InChI is InChI=1S/C19H29FN2O6/c20-6-1-7-21-8-10-22(11-9-21)13-2-4-14(5-3-13)27-19-18(26)17(25)16(24)15(12-23)28-19/h2-5,15-19,23-26H,1,6-12H2/t15-,16+,17+,18-,19-/m1/s1. The molecule has 0 bridgehead atoms. The summed E-state index contributed by atoms with van der Waals surface area (Å²) in [5, 5.41) is 38.9. The van der Waals surface area contributed by atoms with Crippen molar-refractivity contribution in [1.82, 2.24) is 4.90 Å². The predicted octanol–water partition coefficient (Wildman–Crippen LogP) is -0.653. The second kappa shape index (κ2) is 9.82. The number of hydrogen-bond donors (Lipinski definition) is 4. The van der Waals surface area contributed by atoms with E-state index in [4.69, 9.17) is 9.47 Å². The number of ether oxygens (including phenoxy) is 2. The van der Waals surface area contributed by atoms with Crippen molar-refractivity contribution >= 4 is 5.69 Å². The Labute approximate surface area is 163 Å². The summed E-state index contributed by atoms with van der Waals surface area (Å²) in [4.78, 5) is 4.50. The van der Waals surface area contributed by atoms with Gasteiger partial charge in [-0.2, -0.15) is 0 Å².